The van der Waals surface area contributed by atoms with Crippen molar-refractivity contribution >= 4 is 11.9 Å². The van der Waals surface area contributed by atoms with Gasteiger partial charge in [0.25, 0.3) is 0 Å². The third-order valence-corrected chi connectivity index (χ3v) is 2.46. The van der Waals surface area contributed by atoms with Crippen LogP contribution in [0.2, 0.25) is 0 Å². The van der Waals surface area contributed by atoms with Gasteiger partial charge in [-0.05, 0) is 12.8 Å². The minimum Gasteiger partial charge on any atom is -0.459 e. The number of ether oxygens (including phenoxy) is 1. The van der Waals surface area contributed by atoms with Crippen LogP contribution in [0.15, 0.2) is 12.3 Å². The fraction of sp³-hybridized carbons (Fsp3) is 0.636. The Kier molecular flexibility index (Phi) is 4.98. The van der Waals surface area contributed by atoms with Crippen LogP contribution in [0.4, 0.5) is 0 Å². The summed E-state index contributed by atoms with van der Waals surface area (Å²) < 4.78 is 4.71. The highest BCUT2D eigenvalue weighted by molar-refractivity contribution is 5.93. The van der Waals surface area contributed by atoms with Gasteiger partial charge >= 0.3 is 5.97 Å². The Balaban J connectivity index is 2.56. The van der Waals surface area contributed by atoms with Crippen molar-refractivity contribution in [1.82, 2.24) is 4.90 Å². The van der Waals surface area contributed by atoms with Gasteiger partial charge in [0.15, 0.2) is 0 Å². The molecule has 1 fully saturated rings. The average Bonchev–Trinajstić information content (AvgIpc) is 2.49. The smallest absolute Gasteiger partial charge is 0.354 e. The van der Waals surface area contributed by atoms with Crippen LogP contribution in [0.25, 0.3) is 0 Å². The molecule has 1 heterocycles. The fourth-order valence-corrected chi connectivity index (χ4v) is 1.60. The van der Waals surface area contributed by atoms with Crippen LogP contribution in [0.3, 0.4) is 0 Å². The molecule has 0 aromatic rings. The number of esters is 1. The highest BCUT2D eigenvalue weighted by Gasteiger charge is 2.23. The van der Waals surface area contributed by atoms with E-state index in [1.807, 2.05) is 0 Å². The van der Waals surface area contributed by atoms with Crippen molar-refractivity contribution < 1.29 is 19.4 Å². The van der Waals surface area contributed by atoms with Gasteiger partial charge in [-0.1, -0.05) is 13.0 Å². The third-order valence-electron chi connectivity index (χ3n) is 2.46. The van der Waals surface area contributed by atoms with Gasteiger partial charge < -0.3 is 14.7 Å². The second kappa shape index (κ2) is 6.27. The van der Waals surface area contributed by atoms with E-state index in [0.29, 0.717) is 13.0 Å². The van der Waals surface area contributed by atoms with E-state index in [-0.39, 0.29) is 24.8 Å². The molecule has 1 amide bonds. The predicted octanol–water partition coefficient (Wildman–Crippen LogP) is 0.438. The number of hydrogen-bond donors (Lipinski definition) is 1. The number of carbonyl (C=O) groups excluding carboxylic acids is 2. The minimum absolute atomic E-state index is 0.0696. The van der Waals surface area contributed by atoms with Gasteiger partial charge in [-0.2, -0.15) is 0 Å². The maximum absolute atomic E-state index is 11.6. The number of amides is 1. The van der Waals surface area contributed by atoms with Crippen molar-refractivity contribution in [2.75, 3.05) is 19.8 Å². The first kappa shape index (κ1) is 12.7. The summed E-state index contributed by atoms with van der Waals surface area (Å²) in [6.45, 7) is 3.79. The Morgan fingerprint density at radius 3 is 2.88 bits per heavy atom. The molecule has 1 aliphatic rings. The number of carbonyl (C=O) groups is 2. The molecule has 1 N–H and O–H groups in total. The standard InChI is InChI=1S/C11H17NO4/c1-9(11(15)16-8-7-13)12-6-4-2-3-5-10(12)14/h13H,1-8H2. The number of rotatable bonds is 4. The van der Waals surface area contributed by atoms with Crippen molar-refractivity contribution in [3.63, 3.8) is 0 Å². The van der Waals surface area contributed by atoms with Crippen LogP contribution in [-0.4, -0.2) is 41.6 Å². The molecule has 0 spiro atoms. The molecule has 5 nitrogen and oxygen atoms in total. The van der Waals surface area contributed by atoms with Crippen molar-refractivity contribution in [1.29, 1.82) is 0 Å². The van der Waals surface area contributed by atoms with Gasteiger partial charge in [-0.15, -0.1) is 0 Å². The number of hydrogen-bond acceptors (Lipinski definition) is 4. The molecular formula is C11H17NO4. The second-order valence-corrected chi connectivity index (χ2v) is 3.66. The van der Waals surface area contributed by atoms with E-state index >= 15 is 0 Å². The lowest BCUT2D eigenvalue weighted by Gasteiger charge is -2.21. The van der Waals surface area contributed by atoms with Crippen LogP contribution in [0, 0.1) is 0 Å². The van der Waals surface area contributed by atoms with E-state index in [0.717, 1.165) is 19.3 Å². The van der Waals surface area contributed by atoms with E-state index in [1.54, 1.807) is 0 Å². The first-order chi connectivity index (χ1) is 7.66. The summed E-state index contributed by atoms with van der Waals surface area (Å²) in [4.78, 5) is 24.5. The minimum atomic E-state index is -0.635. The van der Waals surface area contributed by atoms with Crippen LogP contribution >= 0.6 is 0 Å². The van der Waals surface area contributed by atoms with Crippen LogP contribution in [0.1, 0.15) is 25.7 Å². The summed E-state index contributed by atoms with van der Waals surface area (Å²) in [6.07, 6.45) is 3.17. The lowest BCUT2D eigenvalue weighted by atomic mass is 10.2. The largest absolute Gasteiger partial charge is 0.459 e. The monoisotopic (exact) mass is 227 g/mol. The highest BCUT2D eigenvalue weighted by atomic mass is 16.5. The van der Waals surface area contributed by atoms with Gasteiger partial charge in [0.05, 0.1) is 6.61 Å². The molecule has 0 radical (unpaired) electrons. The quantitative estimate of drug-likeness (QED) is 0.559. The fourth-order valence-electron chi connectivity index (χ4n) is 1.60. The molecule has 1 rings (SSSR count). The molecule has 0 aliphatic carbocycles. The maximum Gasteiger partial charge on any atom is 0.354 e. The Bertz CT molecular complexity index is 288. The normalized spacial score (nSPS) is 16.8. The van der Waals surface area contributed by atoms with Crippen LogP contribution in [0.5, 0.6) is 0 Å². The zero-order valence-corrected chi connectivity index (χ0v) is 9.28. The average molecular weight is 227 g/mol. The maximum atomic E-state index is 11.6. The zero-order valence-electron chi connectivity index (χ0n) is 9.28. The summed E-state index contributed by atoms with van der Waals surface area (Å²) in [6, 6.07) is 0. The summed E-state index contributed by atoms with van der Waals surface area (Å²) >= 11 is 0. The summed E-state index contributed by atoms with van der Waals surface area (Å²) in [5.41, 5.74) is 0.0698. The lowest BCUT2D eigenvalue weighted by molar-refractivity contribution is -0.145. The van der Waals surface area contributed by atoms with Crippen molar-refractivity contribution in [3.8, 4) is 0 Å². The SMILES string of the molecule is C=C(C(=O)OCCO)N1CCCCCC1=O. The van der Waals surface area contributed by atoms with Crippen molar-refractivity contribution in [2.45, 2.75) is 25.7 Å². The first-order valence-corrected chi connectivity index (χ1v) is 5.44. The molecule has 1 saturated heterocycles. The molecule has 0 bridgehead atoms. The summed E-state index contributed by atoms with van der Waals surface area (Å²) in [5.74, 6) is -0.715. The molecule has 5 heteroatoms. The topological polar surface area (TPSA) is 66.8 Å². The van der Waals surface area contributed by atoms with Gasteiger partial charge in [0.1, 0.15) is 12.3 Å². The molecule has 1 aliphatic heterocycles. The van der Waals surface area contributed by atoms with E-state index in [1.165, 1.54) is 4.90 Å². The summed E-state index contributed by atoms with van der Waals surface area (Å²) in [5, 5.41) is 8.52. The summed E-state index contributed by atoms with van der Waals surface area (Å²) in [7, 11) is 0. The number of nitrogens with zero attached hydrogens (tertiary/aromatic N) is 1. The van der Waals surface area contributed by atoms with Gasteiger partial charge in [-0.25, -0.2) is 4.79 Å². The Morgan fingerprint density at radius 2 is 2.19 bits per heavy atom. The van der Waals surface area contributed by atoms with Gasteiger partial charge in [0.2, 0.25) is 5.91 Å². The molecule has 0 unspecified atom stereocenters. The zero-order chi connectivity index (χ0) is 12.0. The van der Waals surface area contributed by atoms with Crippen molar-refractivity contribution in [2.24, 2.45) is 0 Å². The van der Waals surface area contributed by atoms with E-state index in [2.05, 4.69) is 6.58 Å². The Labute approximate surface area is 94.7 Å². The second-order valence-electron chi connectivity index (χ2n) is 3.66. The van der Waals surface area contributed by atoms with Crippen molar-refractivity contribution in [3.05, 3.63) is 12.3 Å². The van der Waals surface area contributed by atoms with E-state index < -0.39 is 5.97 Å². The molecule has 0 saturated carbocycles. The Hall–Kier alpha value is -1.36. The van der Waals surface area contributed by atoms with Gasteiger partial charge in [-0.3, -0.25) is 4.79 Å². The molecular weight excluding hydrogens is 210 g/mol. The highest BCUT2D eigenvalue weighted by Crippen LogP contribution is 2.15. The molecule has 0 aromatic carbocycles. The molecule has 90 valence electrons. The van der Waals surface area contributed by atoms with Crippen LogP contribution in [-0.2, 0) is 14.3 Å². The molecule has 16 heavy (non-hydrogen) atoms. The Morgan fingerprint density at radius 1 is 1.44 bits per heavy atom. The predicted molar refractivity (Wildman–Crippen MR) is 57.4 cm³/mol. The number of likely N-dealkylation sites (tertiary alicyclic amines) is 1. The molecule has 0 aromatic heterocycles. The van der Waals surface area contributed by atoms with E-state index in [4.69, 9.17) is 9.84 Å². The van der Waals surface area contributed by atoms with E-state index in [9.17, 15) is 9.59 Å². The van der Waals surface area contributed by atoms with Gasteiger partial charge in [0, 0.05) is 13.0 Å². The molecule has 0 atom stereocenters. The first-order valence-electron chi connectivity index (χ1n) is 5.44. The number of aliphatic hydroxyl groups is 1. The number of aliphatic hydroxyl groups excluding tert-OH is 1. The third kappa shape index (κ3) is 3.34. The lowest BCUT2D eigenvalue weighted by Crippen LogP contribution is -2.33. The van der Waals surface area contributed by atoms with Crippen LogP contribution < -0.4 is 0 Å².